The number of ether oxygens (including phenoxy) is 3. The molecule has 16 radical (unpaired) electrons. The molecule has 0 amide bonds. The zero-order valence-electron chi connectivity index (χ0n) is 29.4. The molecule has 344 valence electrons. The summed E-state index contributed by atoms with van der Waals surface area (Å²) in [6.45, 7) is -5.31. The van der Waals surface area contributed by atoms with Crippen LogP contribution in [0.4, 0.5) is 0 Å². The number of hydrogen-bond donors (Lipinski definition) is 0. The second kappa shape index (κ2) is 25.2. The van der Waals surface area contributed by atoms with Crippen molar-refractivity contribution in [1.82, 2.24) is 0 Å². The van der Waals surface area contributed by atoms with Crippen LogP contribution in [0.3, 0.4) is 0 Å². The SMILES string of the molecule is O=S(=O)([O][Al])OC[C@@H]1O[C@](COS(=O)(=O)[O][Al])(O[C@H]2O[C@H](COS(=O)(=O)[O][Al])[C@@H](OS(=O)(=O)[O][Al])[C@H](OS(=O)(=O)[O][Al])[C@H]2OS(=O)(=O)[O][Al])[C@H](OS(=O)(=O)[O][Al])[C@H]1OS(=O)(=O)[O][Al]. The van der Waals surface area contributed by atoms with Crippen LogP contribution in [0.2, 0.25) is 0 Å². The molecule has 0 aliphatic carbocycles. The van der Waals surface area contributed by atoms with Gasteiger partial charge >= 0.3 is 216 Å². The van der Waals surface area contributed by atoms with Gasteiger partial charge in [0.25, 0.3) is 0 Å². The van der Waals surface area contributed by atoms with Crippen LogP contribution in [0, 0.1) is 0 Å². The minimum atomic E-state index is -5.67. The van der Waals surface area contributed by atoms with E-state index in [0.717, 1.165) is 99.7 Å². The average Bonchev–Trinajstić information content (AvgIpc) is 3.47. The Morgan fingerprint density at radius 2 is 0.714 bits per heavy atom. The van der Waals surface area contributed by atoms with Crippen LogP contribution >= 0.6 is 0 Å². The lowest BCUT2D eigenvalue weighted by Gasteiger charge is -2.46. The Kier molecular flexibility index (Phi) is 24.9. The Hall–Kier alpha value is 3.10. The standard InChI is InChI=1S/C12H22O35S8.8Al/c13-48(14,15)37-1-4-6(43-51(22,23)24)8(45-53(28,29)30)9(46-54(31,32)33)11(40-4)42-12(3-39-50(19,20)21)10(47-55(34,35)36)7(44-52(25,26)27)5(41-12)2-38-49(16,17)18;;;;;;;;/h4-11H,1-3H2,(H,13,14,15)(H,16,17,18)(H,19,20,21)(H,22,23,24)(H,25,26,27)(H,28,29,30)(H,31,32,33)(H,34,35,36);;;;;;;;/q;8*+1/p-8/t4-,5+,6-,7+,8+,9-,10-,11-,12-;;;;;;;;/m1......../s1. The zero-order valence-corrected chi connectivity index (χ0v) is 45.2. The van der Waals surface area contributed by atoms with Gasteiger partial charge < -0.3 is 40.1 Å². The van der Waals surface area contributed by atoms with E-state index in [9.17, 15) is 67.3 Å². The van der Waals surface area contributed by atoms with Crippen LogP contribution in [0.5, 0.6) is 0 Å². The molecule has 51 heteroatoms. The summed E-state index contributed by atoms with van der Waals surface area (Å²) >= 11 is 9.26. The molecule has 0 unspecified atom stereocenters. The van der Waals surface area contributed by atoms with E-state index in [1.807, 2.05) is 0 Å². The Morgan fingerprint density at radius 3 is 1.13 bits per heavy atom. The van der Waals surface area contributed by atoms with Crippen molar-refractivity contribution in [3.63, 3.8) is 0 Å². The fourth-order valence-electron chi connectivity index (χ4n) is 4.41. The van der Waals surface area contributed by atoms with E-state index < -0.39 is 158 Å². The van der Waals surface area contributed by atoms with Crippen molar-refractivity contribution in [3.8, 4) is 0 Å². The van der Waals surface area contributed by atoms with Crippen molar-refractivity contribution in [3.05, 3.63) is 0 Å². The van der Waals surface area contributed by atoms with Crippen molar-refractivity contribution in [2.45, 2.75) is 54.8 Å². The van der Waals surface area contributed by atoms with Gasteiger partial charge in [0.1, 0.15) is 37.1 Å². The van der Waals surface area contributed by atoms with Crippen molar-refractivity contribution in [1.29, 1.82) is 0 Å². The van der Waals surface area contributed by atoms with E-state index in [2.05, 4.69) is 38.4 Å². The van der Waals surface area contributed by atoms with E-state index in [1.54, 1.807) is 0 Å². The van der Waals surface area contributed by atoms with Crippen LogP contribution in [0.15, 0.2) is 0 Å². The summed E-state index contributed by atoms with van der Waals surface area (Å²) in [5.74, 6) is -3.80. The van der Waals surface area contributed by atoms with Gasteiger partial charge in [-0.3, -0.25) is 0 Å². The van der Waals surface area contributed by atoms with Gasteiger partial charge in [-0.05, 0) is 0 Å². The van der Waals surface area contributed by atoms with Gasteiger partial charge in [-0.2, -0.15) is 67.3 Å². The highest BCUT2D eigenvalue weighted by atomic mass is 32.3. The normalized spacial score (nSPS) is 28.2. The number of hydrogen-bond acceptors (Lipinski definition) is 35. The summed E-state index contributed by atoms with van der Waals surface area (Å²) in [5, 5.41) is 0. The third-order valence-electron chi connectivity index (χ3n) is 6.59. The third kappa shape index (κ3) is 19.6. The molecule has 63 heavy (non-hydrogen) atoms. The quantitative estimate of drug-likeness (QED) is 0.0628. The molecule has 2 rings (SSSR count). The smallest absolute Gasteiger partial charge is 0.402 e. The second-order valence-corrected chi connectivity index (χ2v) is 24.6. The molecular weight excluding hydrogens is 1180 g/mol. The Labute approximate surface area is 426 Å². The molecule has 0 aromatic carbocycles. The van der Waals surface area contributed by atoms with E-state index in [-0.39, 0.29) is 0 Å². The van der Waals surface area contributed by atoms with E-state index >= 15 is 0 Å². The first-order valence-electron chi connectivity index (χ1n) is 14.1. The molecular formula is C12H14Al8O35S8. The zero-order chi connectivity index (χ0) is 48.7. The monoisotopic (exact) mass is 1190 g/mol. The van der Waals surface area contributed by atoms with Gasteiger partial charge in [-0.15, -0.1) is 0 Å². The molecule has 2 aliphatic rings. The van der Waals surface area contributed by atoms with Crippen LogP contribution in [0.1, 0.15) is 0 Å². The Balaban J connectivity index is 3.23. The first-order valence-corrected chi connectivity index (χ1v) is 28.5. The lowest BCUT2D eigenvalue weighted by Crippen LogP contribution is -2.66. The highest BCUT2D eigenvalue weighted by Crippen LogP contribution is 2.43. The van der Waals surface area contributed by atoms with Crippen molar-refractivity contribution in [2.75, 3.05) is 19.8 Å². The van der Waals surface area contributed by atoms with E-state index in [0.29, 0.717) is 0 Å². The molecule has 2 heterocycles. The molecule has 2 fully saturated rings. The van der Waals surface area contributed by atoms with Crippen molar-refractivity contribution >= 4 is 216 Å². The molecule has 35 nitrogen and oxygen atoms in total. The fraction of sp³-hybridized carbons (Fsp3) is 1.00. The summed E-state index contributed by atoms with van der Waals surface area (Å²) in [4.78, 5) is 0. The molecule has 0 saturated carbocycles. The van der Waals surface area contributed by atoms with Gasteiger partial charge in [-0.25, -0.2) is 33.5 Å². The summed E-state index contributed by atoms with van der Waals surface area (Å²) in [6.07, 6.45) is -23.4. The summed E-state index contributed by atoms with van der Waals surface area (Å²) in [7, 11) is -43.7. The van der Waals surface area contributed by atoms with E-state index in [4.69, 9.17) is 35.1 Å². The maximum absolute atomic E-state index is 12.9. The highest BCUT2D eigenvalue weighted by Gasteiger charge is 2.65. The Bertz CT molecular complexity index is 2450. The average molecular weight is 1190 g/mol. The maximum atomic E-state index is 12.9. The fourth-order valence-corrected chi connectivity index (χ4v) is 9.37. The first kappa shape index (κ1) is 62.2. The van der Waals surface area contributed by atoms with Crippen LogP contribution < -0.4 is 0 Å². The molecule has 0 N–H and O–H groups in total. The third-order valence-corrected chi connectivity index (χ3v) is 17.7. The van der Waals surface area contributed by atoms with Gasteiger partial charge in [0, 0.05) is 0 Å². The predicted octanol–water partition coefficient (Wildman–Crippen LogP) is -10.4. The lowest BCUT2D eigenvalue weighted by atomic mass is 9.99. The lowest BCUT2D eigenvalue weighted by molar-refractivity contribution is -0.374. The summed E-state index contributed by atoms with van der Waals surface area (Å²) in [6, 6.07) is 0. The Morgan fingerprint density at radius 1 is 0.381 bits per heavy atom. The van der Waals surface area contributed by atoms with Gasteiger partial charge in [0.15, 0.2) is 18.5 Å². The number of rotatable bonds is 29. The molecule has 0 bridgehead atoms. The van der Waals surface area contributed by atoms with Gasteiger partial charge in [0.2, 0.25) is 5.79 Å². The van der Waals surface area contributed by atoms with Crippen LogP contribution in [0.25, 0.3) is 0 Å². The molecule has 0 aromatic rings. The minimum absolute atomic E-state index is 1.12. The molecule has 9 atom stereocenters. The second-order valence-electron chi connectivity index (χ2n) is 10.3. The molecule has 0 aromatic heterocycles. The van der Waals surface area contributed by atoms with Crippen LogP contribution in [-0.2, 0) is 157 Å². The molecule has 2 saturated heterocycles. The first-order chi connectivity index (χ1) is 28.7. The van der Waals surface area contributed by atoms with Gasteiger partial charge in [0.05, 0.1) is 13.2 Å². The van der Waals surface area contributed by atoms with E-state index in [1.165, 1.54) is 33.2 Å². The maximum Gasteiger partial charge on any atom is 0.408 e. The minimum Gasteiger partial charge on any atom is -0.402 e. The van der Waals surface area contributed by atoms with Crippen LogP contribution in [-0.4, -0.2) is 275 Å². The molecule has 0 spiro atoms. The summed E-state index contributed by atoms with van der Waals surface area (Å²) in [5.41, 5.74) is 0. The van der Waals surface area contributed by atoms with Gasteiger partial charge in [-0.1, -0.05) is 0 Å². The van der Waals surface area contributed by atoms with Crippen molar-refractivity contribution in [2.24, 2.45) is 0 Å². The highest BCUT2D eigenvalue weighted by molar-refractivity contribution is 7.84. The van der Waals surface area contributed by atoms with Crippen molar-refractivity contribution < 1.29 is 141 Å². The topological polar surface area (TPSA) is 448 Å². The molecule has 2 aliphatic heterocycles. The summed E-state index contributed by atoms with van der Waals surface area (Å²) < 4.78 is 288. The largest absolute Gasteiger partial charge is 0.408 e. The predicted molar refractivity (Wildman–Crippen MR) is 186 cm³/mol.